The topological polar surface area (TPSA) is 29.5 Å². The van der Waals surface area contributed by atoms with Crippen molar-refractivity contribution in [1.29, 1.82) is 0 Å². The monoisotopic (exact) mass is 281 g/mol. The third-order valence-electron chi connectivity index (χ3n) is 3.63. The Labute approximate surface area is 119 Å². The van der Waals surface area contributed by atoms with Gasteiger partial charge >= 0.3 is 0 Å². The molecule has 104 valence electrons. The zero-order chi connectivity index (χ0) is 13.8. The van der Waals surface area contributed by atoms with Crippen molar-refractivity contribution in [2.24, 2.45) is 0 Å². The van der Waals surface area contributed by atoms with Gasteiger partial charge in [0.25, 0.3) is 0 Å². The minimum absolute atomic E-state index is 0.0511. The lowest BCUT2D eigenvalue weighted by Crippen LogP contribution is -2.52. The quantitative estimate of drug-likeness (QED) is 0.797. The number of halogens is 1. The van der Waals surface area contributed by atoms with Gasteiger partial charge in [-0.15, -0.1) is 11.6 Å². The Morgan fingerprint density at radius 2 is 2.16 bits per heavy atom. The third-order valence-corrected chi connectivity index (χ3v) is 3.97. The van der Waals surface area contributed by atoms with Gasteiger partial charge in [0.1, 0.15) is 0 Å². The van der Waals surface area contributed by atoms with E-state index in [0.29, 0.717) is 19.0 Å². The lowest BCUT2D eigenvalue weighted by Gasteiger charge is -2.38. The summed E-state index contributed by atoms with van der Waals surface area (Å²) < 4.78 is 5.58. The maximum absolute atomic E-state index is 12.6. The van der Waals surface area contributed by atoms with Gasteiger partial charge in [0.2, 0.25) is 5.91 Å². The lowest BCUT2D eigenvalue weighted by molar-refractivity contribution is -0.144. The summed E-state index contributed by atoms with van der Waals surface area (Å²) in [6.07, 6.45) is -0.0511. The van der Waals surface area contributed by atoms with Crippen LogP contribution in [0.4, 0.5) is 0 Å². The number of hydrogen-bond donors (Lipinski definition) is 0. The van der Waals surface area contributed by atoms with Gasteiger partial charge in [-0.1, -0.05) is 30.3 Å². The number of carbonyl (C=O) groups excluding carboxylic acids is 1. The fourth-order valence-corrected chi connectivity index (χ4v) is 2.54. The number of alkyl halides is 1. The second kappa shape index (κ2) is 6.40. The third kappa shape index (κ3) is 3.28. The van der Waals surface area contributed by atoms with E-state index in [1.807, 2.05) is 49.1 Å². The average molecular weight is 282 g/mol. The van der Waals surface area contributed by atoms with Crippen molar-refractivity contribution in [3.05, 3.63) is 35.9 Å². The van der Waals surface area contributed by atoms with Crippen LogP contribution < -0.4 is 0 Å². The number of nitrogens with zero attached hydrogens (tertiary/aromatic N) is 1. The van der Waals surface area contributed by atoms with E-state index in [0.717, 1.165) is 5.56 Å². The molecule has 3 nitrogen and oxygen atoms in total. The van der Waals surface area contributed by atoms with Crippen molar-refractivity contribution >= 4 is 17.5 Å². The van der Waals surface area contributed by atoms with Gasteiger partial charge in [-0.2, -0.15) is 0 Å². The van der Waals surface area contributed by atoms with Gasteiger partial charge in [0.05, 0.1) is 30.6 Å². The maximum atomic E-state index is 12.6. The van der Waals surface area contributed by atoms with Crippen LogP contribution in [0.2, 0.25) is 0 Å². The number of hydrogen-bond acceptors (Lipinski definition) is 2. The van der Waals surface area contributed by atoms with Crippen molar-refractivity contribution in [1.82, 2.24) is 4.90 Å². The molecule has 0 bridgehead atoms. The molecule has 3 atom stereocenters. The van der Waals surface area contributed by atoms with Gasteiger partial charge < -0.3 is 9.64 Å². The Balaban J connectivity index is 2.09. The summed E-state index contributed by atoms with van der Waals surface area (Å²) in [6, 6.07) is 9.98. The lowest BCUT2D eigenvalue weighted by atomic mass is 9.98. The molecule has 0 aromatic heterocycles. The van der Waals surface area contributed by atoms with Crippen LogP contribution in [0.3, 0.4) is 0 Å². The van der Waals surface area contributed by atoms with Crippen molar-refractivity contribution in [3.8, 4) is 0 Å². The predicted molar refractivity (Wildman–Crippen MR) is 76.5 cm³/mol. The molecule has 1 aromatic rings. The Bertz CT molecular complexity index is 423. The molecular formula is C15H20ClNO2. The summed E-state index contributed by atoms with van der Waals surface area (Å²) >= 11 is 5.83. The first kappa shape index (κ1) is 14.4. The summed E-state index contributed by atoms with van der Waals surface area (Å²) in [4.78, 5) is 14.5. The van der Waals surface area contributed by atoms with Crippen LogP contribution >= 0.6 is 11.6 Å². The Morgan fingerprint density at radius 3 is 2.79 bits per heavy atom. The van der Waals surface area contributed by atoms with E-state index in [9.17, 15) is 4.79 Å². The number of ether oxygens (including phenoxy) is 1. The Kier molecular flexibility index (Phi) is 4.83. The molecule has 0 saturated carbocycles. The van der Waals surface area contributed by atoms with Gasteiger partial charge in [-0.05, 0) is 19.4 Å². The summed E-state index contributed by atoms with van der Waals surface area (Å²) in [7, 11) is 0. The van der Waals surface area contributed by atoms with Crippen LogP contribution in [-0.2, 0) is 9.53 Å². The molecule has 3 unspecified atom stereocenters. The normalized spacial score (nSPS) is 25.1. The molecule has 0 radical (unpaired) electrons. The molecule has 1 fully saturated rings. The molecule has 0 N–H and O–H groups in total. The van der Waals surface area contributed by atoms with E-state index < -0.39 is 0 Å². The molecule has 0 aliphatic carbocycles. The van der Waals surface area contributed by atoms with Crippen LogP contribution in [0.15, 0.2) is 30.3 Å². The zero-order valence-corrected chi connectivity index (χ0v) is 12.1. The fraction of sp³-hybridized carbons (Fsp3) is 0.533. The first-order valence-electron chi connectivity index (χ1n) is 6.66. The predicted octanol–water partition coefficient (Wildman–Crippen LogP) is 2.64. The van der Waals surface area contributed by atoms with Gasteiger partial charge in [0.15, 0.2) is 0 Å². The molecule has 4 heteroatoms. The molecule has 1 aliphatic rings. The smallest absolute Gasteiger partial charge is 0.230 e. The molecule has 1 saturated heterocycles. The number of morpholine rings is 1. The highest BCUT2D eigenvalue weighted by Gasteiger charge is 2.31. The zero-order valence-electron chi connectivity index (χ0n) is 11.4. The van der Waals surface area contributed by atoms with Gasteiger partial charge in [-0.25, -0.2) is 0 Å². The maximum Gasteiger partial charge on any atom is 0.230 e. The van der Waals surface area contributed by atoms with E-state index >= 15 is 0 Å². The average Bonchev–Trinajstić information content (AvgIpc) is 2.47. The molecule has 0 spiro atoms. The highest BCUT2D eigenvalue weighted by molar-refractivity contribution is 6.18. The largest absolute Gasteiger partial charge is 0.373 e. The molecular weight excluding hydrogens is 262 g/mol. The van der Waals surface area contributed by atoms with Crippen molar-refractivity contribution < 1.29 is 9.53 Å². The highest BCUT2D eigenvalue weighted by atomic mass is 35.5. The van der Waals surface area contributed by atoms with Crippen molar-refractivity contribution in [2.45, 2.75) is 31.9 Å². The summed E-state index contributed by atoms with van der Waals surface area (Å²) in [5.74, 6) is 0.450. The van der Waals surface area contributed by atoms with Crippen LogP contribution in [0.25, 0.3) is 0 Å². The minimum Gasteiger partial charge on any atom is -0.373 e. The van der Waals surface area contributed by atoms with E-state index in [2.05, 4.69) is 0 Å². The Hall–Kier alpha value is -1.06. The summed E-state index contributed by atoms with van der Waals surface area (Å²) in [5.41, 5.74) is 1.05. The molecule has 1 aliphatic heterocycles. The fourth-order valence-electron chi connectivity index (χ4n) is 2.35. The highest BCUT2D eigenvalue weighted by Crippen LogP contribution is 2.22. The van der Waals surface area contributed by atoms with Crippen LogP contribution in [0, 0.1) is 0 Å². The van der Waals surface area contributed by atoms with Crippen molar-refractivity contribution in [2.75, 3.05) is 19.0 Å². The van der Waals surface area contributed by atoms with E-state index in [4.69, 9.17) is 16.3 Å². The second-order valence-corrected chi connectivity index (χ2v) is 5.39. The van der Waals surface area contributed by atoms with Crippen molar-refractivity contribution in [3.63, 3.8) is 0 Å². The minimum atomic E-state index is -0.127. The number of amides is 1. The summed E-state index contributed by atoms with van der Waals surface area (Å²) in [6.45, 7) is 5.11. The second-order valence-electron chi connectivity index (χ2n) is 5.08. The molecule has 2 rings (SSSR count). The molecule has 19 heavy (non-hydrogen) atoms. The number of carbonyl (C=O) groups is 1. The summed E-state index contributed by atoms with van der Waals surface area (Å²) in [5, 5.41) is 0. The first-order chi connectivity index (χ1) is 9.13. The molecule has 1 heterocycles. The van der Waals surface area contributed by atoms with E-state index in [-0.39, 0.29) is 24.0 Å². The van der Waals surface area contributed by atoms with Crippen LogP contribution in [0.1, 0.15) is 25.3 Å². The number of benzene rings is 1. The molecule has 1 amide bonds. The Morgan fingerprint density at radius 1 is 1.47 bits per heavy atom. The SMILES string of the molecule is CC(C(=O)N1CC(CCl)OCC1C)c1ccccc1. The van der Waals surface area contributed by atoms with Gasteiger partial charge in [-0.3, -0.25) is 4.79 Å². The van der Waals surface area contributed by atoms with Gasteiger partial charge in [0, 0.05) is 6.54 Å². The number of rotatable bonds is 3. The first-order valence-corrected chi connectivity index (χ1v) is 7.20. The van der Waals surface area contributed by atoms with Crippen LogP contribution in [0.5, 0.6) is 0 Å². The molecule has 1 aromatic carbocycles. The van der Waals surface area contributed by atoms with Crippen LogP contribution in [-0.4, -0.2) is 42.0 Å². The van der Waals surface area contributed by atoms with E-state index in [1.165, 1.54) is 0 Å². The standard InChI is InChI=1S/C15H20ClNO2/c1-11-10-19-14(8-16)9-17(11)15(18)12(2)13-6-4-3-5-7-13/h3-7,11-12,14H,8-10H2,1-2H3. The van der Waals surface area contributed by atoms with E-state index in [1.54, 1.807) is 0 Å².